The van der Waals surface area contributed by atoms with Crippen molar-refractivity contribution in [2.24, 2.45) is 0 Å². The van der Waals surface area contributed by atoms with E-state index in [1.165, 1.54) is 6.92 Å². The maximum absolute atomic E-state index is 10.8. The van der Waals surface area contributed by atoms with Crippen LogP contribution in [0.5, 0.6) is 0 Å². The highest BCUT2D eigenvalue weighted by Gasteiger charge is 2.35. The molecule has 10 nitrogen and oxygen atoms in total. The molecule has 166 valence electrons. The van der Waals surface area contributed by atoms with Gasteiger partial charge in [0.2, 0.25) is 0 Å². The summed E-state index contributed by atoms with van der Waals surface area (Å²) in [4.78, 5) is 19.4. The smallest absolute Gasteiger partial charge is 0.395 e. The number of nitrogens with zero attached hydrogens (tertiary/aromatic N) is 1. The maximum atomic E-state index is 10.8. The van der Waals surface area contributed by atoms with Crippen LogP contribution in [0.3, 0.4) is 0 Å². The molecular weight excluding hydrogens is 381 g/mol. The fourth-order valence-corrected chi connectivity index (χ4v) is 2.41. The number of hydrogen-bond donors (Lipinski definition) is 5. The third-order valence-corrected chi connectivity index (χ3v) is 3.83. The van der Waals surface area contributed by atoms with Crippen LogP contribution in [0.1, 0.15) is 46.5 Å². The Hall–Kier alpha value is -0.130. The highest BCUT2D eigenvalue weighted by Crippen LogP contribution is 2.42. The van der Waals surface area contributed by atoms with Gasteiger partial charge in [0, 0.05) is 26.6 Å². The normalized spacial score (nSPS) is 12.2. The number of hydrogen-bond acceptors (Lipinski definition) is 8. The van der Waals surface area contributed by atoms with E-state index in [9.17, 15) is 4.57 Å². The lowest BCUT2D eigenvalue weighted by Gasteiger charge is -2.29. The van der Waals surface area contributed by atoms with Gasteiger partial charge in [-0.2, -0.15) is 0 Å². The fourth-order valence-electron chi connectivity index (χ4n) is 1.87. The molecule has 0 fully saturated rings. The third kappa shape index (κ3) is 20.4. The minimum atomic E-state index is -4.63. The van der Waals surface area contributed by atoms with E-state index in [1.54, 1.807) is 4.90 Å². The van der Waals surface area contributed by atoms with Gasteiger partial charge >= 0.3 is 7.82 Å². The number of ether oxygens (including phenoxy) is 2. The summed E-state index contributed by atoms with van der Waals surface area (Å²) in [6.45, 7) is 7.77. The van der Waals surface area contributed by atoms with Gasteiger partial charge in [0.25, 0.3) is 5.97 Å². The maximum Gasteiger partial charge on any atom is 0.473 e. The molecule has 0 heterocycles. The summed E-state index contributed by atoms with van der Waals surface area (Å²) in [6.07, 6.45) is 3.39. The molecule has 0 atom stereocenters. The zero-order chi connectivity index (χ0) is 21.2. The zero-order valence-corrected chi connectivity index (χ0v) is 17.6. The van der Waals surface area contributed by atoms with Crippen LogP contribution in [0.2, 0.25) is 0 Å². The van der Waals surface area contributed by atoms with Crippen LogP contribution in [0, 0.1) is 0 Å². The molecule has 0 aliphatic rings. The molecule has 0 saturated carbocycles. The Morgan fingerprint density at radius 2 is 1.22 bits per heavy atom. The fraction of sp³-hybridized carbons (Fsp3) is 1.00. The Balaban J connectivity index is 0. The van der Waals surface area contributed by atoms with Gasteiger partial charge in [-0.25, -0.2) is 9.09 Å². The van der Waals surface area contributed by atoms with Gasteiger partial charge in [0.1, 0.15) is 0 Å². The Labute approximate surface area is 162 Å². The van der Waals surface area contributed by atoms with E-state index in [0.29, 0.717) is 32.8 Å². The summed E-state index contributed by atoms with van der Waals surface area (Å²) >= 11 is 0. The average Bonchev–Trinajstić information content (AvgIpc) is 2.55. The molecule has 5 N–H and O–H groups in total. The van der Waals surface area contributed by atoms with Gasteiger partial charge in [0.05, 0.1) is 33.0 Å². The molecule has 0 radical (unpaired) electrons. The van der Waals surface area contributed by atoms with Crippen LogP contribution in [0.25, 0.3) is 0 Å². The number of phosphoric ester groups is 1. The van der Waals surface area contributed by atoms with Crippen molar-refractivity contribution in [2.75, 3.05) is 52.7 Å². The first-order valence-electron chi connectivity index (χ1n) is 9.27. The van der Waals surface area contributed by atoms with E-state index in [2.05, 4.69) is 4.52 Å². The topological polar surface area (TPSA) is 149 Å². The van der Waals surface area contributed by atoms with Crippen LogP contribution in [-0.2, 0) is 18.6 Å². The van der Waals surface area contributed by atoms with Crippen molar-refractivity contribution in [3.05, 3.63) is 0 Å². The predicted octanol–water partition coefficient (Wildman–Crippen LogP) is 0.668. The summed E-state index contributed by atoms with van der Waals surface area (Å²) in [5.41, 5.74) is 0. The standard InChI is InChI=1S/C10H23O6P.C6H15NO3/c1-4-6-8-14-10(3,15-9-7-5-2)16-17(11,12)13;8-4-1-7(2-5-9)3-6-10/h4-9H2,1-3H3,(H2,11,12,13);8-10H,1-6H2. The number of aliphatic hydroxyl groups excluding tert-OH is 3. The van der Waals surface area contributed by atoms with E-state index in [4.69, 9.17) is 34.6 Å². The van der Waals surface area contributed by atoms with Crippen molar-refractivity contribution in [1.29, 1.82) is 0 Å². The molecule has 0 spiro atoms. The Morgan fingerprint density at radius 3 is 1.48 bits per heavy atom. The van der Waals surface area contributed by atoms with E-state index < -0.39 is 13.8 Å². The summed E-state index contributed by atoms with van der Waals surface area (Å²) in [6, 6.07) is 0. The predicted molar refractivity (Wildman–Crippen MR) is 101 cm³/mol. The molecule has 0 aliphatic carbocycles. The van der Waals surface area contributed by atoms with Crippen LogP contribution >= 0.6 is 7.82 Å². The van der Waals surface area contributed by atoms with Gasteiger partial charge in [-0.15, -0.1) is 0 Å². The highest BCUT2D eigenvalue weighted by atomic mass is 31.2. The molecule has 27 heavy (non-hydrogen) atoms. The zero-order valence-electron chi connectivity index (χ0n) is 16.7. The summed E-state index contributed by atoms with van der Waals surface area (Å²) in [5, 5.41) is 25.5. The molecule has 0 aromatic carbocycles. The lowest BCUT2D eigenvalue weighted by atomic mass is 10.3. The van der Waals surface area contributed by atoms with E-state index in [-0.39, 0.29) is 19.8 Å². The van der Waals surface area contributed by atoms with Crippen molar-refractivity contribution < 1.29 is 43.7 Å². The van der Waals surface area contributed by atoms with Crippen molar-refractivity contribution >= 4 is 7.82 Å². The van der Waals surface area contributed by atoms with Crippen molar-refractivity contribution in [3.8, 4) is 0 Å². The van der Waals surface area contributed by atoms with Crippen LogP contribution in [-0.4, -0.2) is 88.6 Å². The van der Waals surface area contributed by atoms with E-state index in [1.807, 2.05) is 13.8 Å². The Morgan fingerprint density at radius 1 is 0.852 bits per heavy atom. The van der Waals surface area contributed by atoms with Crippen molar-refractivity contribution in [2.45, 2.75) is 52.4 Å². The molecule has 0 rings (SSSR count). The Kier molecular flexibility index (Phi) is 19.3. The lowest BCUT2D eigenvalue weighted by molar-refractivity contribution is -0.337. The van der Waals surface area contributed by atoms with Gasteiger partial charge in [-0.3, -0.25) is 4.90 Å². The summed E-state index contributed by atoms with van der Waals surface area (Å²) < 4.78 is 25.9. The monoisotopic (exact) mass is 419 g/mol. The molecule has 0 bridgehead atoms. The van der Waals surface area contributed by atoms with Gasteiger partial charge in [-0.05, 0) is 12.8 Å². The van der Waals surface area contributed by atoms with Crippen LogP contribution in [0.4, 0.5) is 0 Å². The molecule has 0 aliphatic heterocycles. The van der Waals surface area contributed by atoms with Crippen LogP contribution in [0.15, 0.2) is 0 Å². The number of aliphatic hydroxyl groups is 3. The average molecular weight is 419 g/mol. The molecular formula is C16H38NO9P. The second kappa shape index (κ2) is 17.9. The third-order valence-electron chi connectivity index (χ3n) is 3.26. The van der Waals surface area contributed by atoms with Gasteiger partial charge in [-0.1, -0.05) is 26.7 Å². The highest BCUT2D eigenvalue weighted by molar-refractivity contribution is 7.46. The SMILES string of the molecule is CCCCOC(C)(OCCCC)OP(=O)(O)O.OCCN(CCO)CCO. The van der Waals surface area contributed by atoms with E-state index in [0.717, 1.165) is 25.7 Å². The van der Waals surface area contributed by atoms with Gasteiger partial charge in [0.15, 0.2) is 0 Å². The first-order valence-corrected chi connectivity index (χ1v) is 10.8. The molecule has 11 heteroatoms. The lowest BCUT2D eigenvalue weighted by Crippen LogP contribution is -2.35. The molecule has 0 unspecified atom stereocenters. The second-order valence-electron chi connectivity index (χ2n) is 5.86. The molecule has 0 aromatic rings. The first-order chi connectivity index (χ1) is 12.7. The number of phosphoric acid groups is 1. The first kappa shape index (κ1) is 29.1. The number of unbranched alkanes of at least 4 members (excludes halogenated alkanes) is 2. The molecule has 0 amide bonds. The largest absolute Gasteiger partial charge is 0.473 e. The van der Waals surface area contributed by atoms with Crippen molar-refractivity contribution in [3.63, 3.8) is 0 Å². The molecule has 0 aromatic heterocycles. The second-order valence-corrected chi connectivity index (χ2v) is 7.02. The molecule has 0 saturated heterocycles. The van der Waals surface area contributed by atoms with Crippen molar-refractivity contribution in [1.82, 2.24) is 4.90 Å². The minimum absolute atomic E-state index is 0.0694. The van der Waals surface area contributed by atoms with Gasteiger partial charge < -0.3 is 34.6 Å². The minimum Gasteiger partial charge on any atom is -0.395 e. The Bertz CT molecular complexity index is 344. The summed E-state index contributed by atoms with van der Waals surface area (Å²) in [5.74, 6) is -1.68. The number of rotatable bonds is 16. The quantitative estimate of drug-likeness (QED) is 0.137. The van der Waals surface area contributed by atoms with Crippen LogP contribution < -0.4 is 0 Å². The summed E-state index contributed by atoms with van der Waals surface area (Å²) in [7, 11) is -4.63. The van der Waals surface area contributed by atoms with E-state index >= 15 is 0 Å².